The van der Waals surface area contributed by atoms with Crippen molar-refractivity contribution in [2.75, 3.05) is 7.11 Å². The summed E-state index contributed by atoms with van der Waals surface area (Å²) in [6.07, 6.45) is 2.84. The molecule has 0 aromatic heterocycles. The van der Waals surface area contributed by atoms with E-state index in [4.69, 9.17) is 16.3 Å². The molecule has 0 bridgehead atoms. The van der Waals surface area contributed by atoms with Crippen LogP contribution >= 0.6 is 11.6 Å². The van der Waals surface area contributed by atoms with Crippen LogP contribution in [0.5, 0.6) is 11.5 Å². The summed E-state index contributed by atoms with van der Waals surface area (Å²) in [5, 5.41) is 10.1. The van der Waals surface area contributed by atoms with Crippen LogP contribution < -0.4 is 4.74 Å². The van der Waals surface area contributed by atoms with Gasteiger partial charge in [0.2, 0.25) is 0 Å². The largest absolute Gasteiger partial charge is 0.504 e. The number of ether oxygens (including phenoxy) is 1. The summed E-state index contributed by atoms with van der Waals surface area (Å²) in [5.41, 5.74) is 0.453. The zero-order valence-electron chi connectivity index (χ0n) is 8.45. The van der Waals surface area contributed by atoms with Gasteiger partial charge in [0.15, 0.2) is 17.3 Å². The van der Waals surface area contributed by atoms with Gasteiger partial charge in [-0.1, -0.05) is 11.6 Å². The van der Waals surface area contributed by atoms with E-state index in [9.17, 15) is 9.90 Å². The number of phenolic OH excluding ortho intramolecular Hbond substituents is 1. The highest BCUT2D eigenvalue weighted by Crippen LogP contribution is 2.34. The van der Waals surface area contributed by atoms with E-state index in [2.05, 4.69) is 0 Å². The van der Waals surface area contributed by atoms with Gasteiger partial charge in [-0.05, 0) is 25.1 Å². The van der Waals surface area contributed by atoms with Crippen LogP contribution in [0.15, 0.2) is 18.2 Å². The van der Waals surface area contributed by atoms with E-state index in [1.54, 1.807) is 6.07 Å². The predicted molar refractivity (Wildman–Crippen MR) is 59.4 cm³/mol. The van der Waals surface area contributed by atoms with Gasteiger partial charge in [-0.15, -0.1) is 0 Å². The molecule has 4 heteroatoms. The number of phenols is 1. The van der Waals surface area contributed by atoms with Crippen molar-refractivity contribution in [3.8, 4) is 11.5 Å². The Morgan fingerprint density at radius 1 is 1.53 bits per heavy atom. The van der Waals surface area contributed by atoms with Gasteiger partial charge in [-0.25, -0.2) is 0 Å². The number of ketones is 1. The van der Waals surface area contributed by atoms with E-state index in [0.29, 0.717) is 10.6 Å². The molecule has 15 heavy (non-hydrogen) atoms. The molecule has 0 aliphatic heterocycles. The van der Waals surface area contributed by atoms with Crippen LogP contribution in [0.3, 0.4) is 0 Å². The summed E-state index contributed by atoms with van der Waals surface area (Å²) in [6, 6.07) is 3.06. The van der Waals surface area contributed by atoms with Gasteiger partial charge in [-0.3, -0.25) is 4.79 Å². The quantitative estimate of drug-likeness (QED) is 0.806. The lowest BCUT2D eigenvalue weighted by Gasteiger charge is -2.06. The SMILES string of the molecule is COc1cc(Cl)cc(/C=C/C(C)=O)c1O. The van der Waals surface area contributed by atoms with E-state index in [1.165, 1.54) is 32.3 Å². The second kappa shape index (κ2) is 4.84. The first-order chi connectivity index (χ1) is 7.04. The lowest BCUT2D eigenvalue weighted by Crippen LogP contribution is -1.87. The highest BCUT2D eigenvalue weighted by molar-refractivity contribution is 6.31. The van der Waals surface area contributed by atoms with Gasteiger partial charge in [0.1, 0.15) is 0 Å². The number of allylic oxidation sites excluding steroid dienone is 1. The number of hydrogen-bond donors (Lipinski definition) is 1. The van der Waals surface area contributed by atoms with Crippen molar-refractivity contribution in [3.05, 3.63) is 28.8 Å². The maximum atomic E-state index is 10.7. The van der Waals surface area contributed by atoms with Gasteiger partial charge in [-0.2, -0.15) is 0 Å². The maximum absolute atomic E-state index is 10.7. The number of benzene rings is 1. The molecular formula is C11H11ClO3. The monoisotopic (exact) mass is 226 g/mol. The molecule has 0 fully saturated rings. The second-order valence-corrected chi connectivity index (χ2v) is 3.43. The third-order valence-corrected chi connectivity index (χ3v) is 2.00. The Labute approximate surface area is 92.9 Å². The molecule has 0 saturated carbocycles. The number of carbonyl (C=O) groups is 1. The molecule has 0 atom stereocenters. The molecule has 1 aromatic rings. The maximum Gasteiger partial charge on any atom is 0.165 e. The number of methoxy groups -OCH3 is 1. The first kappa shape index (κ1) is 11.6. The topological polar surface area (TPSA) is 46.5 Å². The van der Waals surface area contributed by atoms with E-state index in [-0.39, 0.29) is 17.3 Å². The third kappa shape index (κ3) is 2.99. The molecule has 0 amide bonds. The van der Waals surface area contributed by atoms with Crippen molar-refractivity contribution in [3.63, 3.8) is 0 Å². The molecule has 1 rings (SSSR count). The van der Waals surface area contributed by atoms with E-state index < -0.39 is 0 Å². The number of carbonyl (C=O) groups excluding carboxylic acids is 1. The number of rotatable bonds is 3. The third-order valence-electron chi connectivity index (χ3n) is 1.79. The smallest absolute Gasteiger partial charge is 0.165 e. The van der Waals surface area contributed by atoms with Crippen LogP contribution in [0.4, 0.5) is 0 Å². The minimum atomic E-state index is -0.103. The predicted octanol–water partition coefficient (Wildman–Crippen LogP) is 2.66. The van der Waals surface area contributed by atoms with Gasteiger partial charge >= 0.3 is 0 Å². The van der Waals surface area contributed by atoms with Crippen LogP contribution in [0.25, 0.3) is 6.08 Å². The van der Waals surface area contributed by atoms with Crippen LogP contribution in [-0.2, 0) is 4.79 Å². The Bertz CT molecular complexity index is 411. The highest BCUT2D eigenvalue weighted by Gasteiger charge is 2.07. The van der Waals surface area contributed by atoms with Crippen molar-refractivity contribution in [1.82, 2.24) is 0 Å². The molecule has 0 aliphatic rings. The minimum Gasteiger partial charge on any atom is -0.504 e. The Morgan fingerprint density at radius 3 is 2.73 bits per heavy atom. The normalized spacial score (nSPS) is 10.6. The lowest BCUT2D eigenvalue weighted by molar-refractivity contribution is -0.112. The van der Waals surface area contributed by atoms with Crippen molar-refractivity contribution < 1.29 is 14.6 Å². The molecule has 1 aromatic carbocycles. The molecule has 0 saturated heterocycles. The van der Waals surface area contributed by atoms with Gasteiger partial charge in [0.05, 0.1) is 7.11 Å². The van der Waals surface area contributed by atoms with E-state index in [0.717, 1.165) is 0 Å². The van der Waals surface area contributed by atoms with Crippen LogP contribution in [0.1, 0.15) is 12.5 Å². The van der Waals surface area contributed by atoms with Crippen molar-refractivity contribution in [2.45, 2.75) is 6.92 Å². The van der Waals surface area contributed by atoms with Crippen molar-refractivity contribution in [2.24, 2.45) is 0 Å². The molecule has 1 N–H and O–H groups in total. The summed E-state index contributed by atoms with van der Waals surface area (Å²) in [4.78, 5) is 10.7. The van der Waals surface area contributed by atoms with Crippen LogP contribution in [-0.4, -0.2) is 18.0 Å². The van der Waals surface area contributed by atoms with Crippen molar-refractivity contribution >= 4 is 23.5 Å². The Balaban J connectivity index is 3.17. The number of aromatic hydroxyl groups is 1. The highest BCUT2D eigenvalue weighted by atomic mass is 35.5. The summed E-state index contributed by atoms with van der Waals surface area (Å²) < 4.78 is 4.92. The first-order valence-corrected chi connectivity index (χ1v) is 4.67. The fourth-order valence-corrected chi connectivity index (χ4v) is 1.30. The molecule has 0 radical (unpaired) electrons. The summed E-state index contributed by atoms with van der Waals surface area (Å²) >= 11 is 5.81. The summed E-state index contributed by atoms with van der Waals surface area (Å²) in [6.45, 7) is 1.43. The van der Waals surface area contributed by atoms with Crippen LogP contribution in [0, 0.1) is 0 Å². The zero-order chi connectivity index (χ0) is 11.4. The Hall–Kier alpha value is -1.48. The number of hydrogen-bond acceptors (Lipinski definition) is 3. The number of halogens is 1. The molecular weight excluding hydrogens is 216 g/mol. The summed E-state index contributed by atoms with van der Waals surface area (Å²) in [5.74, 6) is 0.151. The lowest BCUT2D eigenvalue weighted by atomic mass is 10.1. The first-order valence-electron chi connectivity index (χ1n) is 4.29. The molecule has 3 nitrogen and oxygen atoms in total. The fourth-order valence-electron chi connectivity index (χ4n) is 1.08. The fraction of sp³-hybridized carbons (Fsp3) is 0.182. The molecule has 0 unspecified atom stereocenters. The minimum absolute atomic E-state index is 0.0283. The second-order valence-electron chi connectivity index (χ2n) is 2.99. The van der Waals surface area contributed by atoms with Crippen LogP contribution in [0.2, 0.25) is 5.02 Å². The average Bonchev–Trinajstić information content (AvgIpc) is 2.18. The van der Waals surface area contributed by atoms with Gasteiger partial charge in [0.25, 0.3) is 0 Å². The molecule has 0 heterocycles. The van der Waals surface area contributed by atoms with Crippen molar-refractivity contribution in [1.29, 1.82) is 0 Å². The average molecular weight is 227 g/mol. The van der Waals surface area contributed by atoms with Gasteiger partial charge < -0.3 is 9.84 Å². The standard InChI is InChI=1S/C11H11ClO3/c1-7(13)3-4-8-5-9(12)6-10(15-2)11(8)14/h3-6,14H,1-2H3/b4-3+. The Kier molecular flexibility index (Phi) is 3.74. The van der Waals surface area contributed by atoms with E-state index >= 15 is 0 Å². The summed E-state index contributed by atoms with van der Waals surface area (Å²) in [7, 11) is 1.43. The zero-order valence-corrected chi connectivity index (χ0v) is 9.21. The van der Waals surface area contributed by atoms with Gasteiger partial charge in [0, 0.05) is 16.7 Å². The molecule has 0 aliphatic carbocycles. The molecule has 80 valence electrons. The molecule has 0 spiro atoms. The Morgan fingerprint density at radius 2 is 2.20 bits per heavy atom. The van der Waals surface area contributed by atoms with E-state index in [1.807, 2.05) is 0 Å².